The molecule has 31 heavy (non-hydrogen) atoms. The number of hydrogen-bond acceptors (Lipinski definition) is 6. The van der Waals surface area contributed by atoms with Gasteiger partial charge in [-0.15, -0.1) is 0 Å². The maximum absolute atomic E-state index is 12.0. The van der Waals surface area contributed by atoms with E-state index >= 15 is 0 Å². The van der Waals surface area contributed by atoms with E-state index in [1.54, 1.807) is 0 Å². The summed E-state index contributed by atoms with van der Waals surface area (Å²) in [6.45, 7) is 5.82. The van der Waals surface area contributed by atoms with E-state index in [4.69, 9.17) is 5.73 Å². The molecule has 9 heteroatoms. The van der Waals surface area contributed by atoms with Gasteiger partial charge < -0.3 is 32.3 Å². The molecular weight excluding hydrogens is 412 g/mol. The largest absolute Gasteiger partial charge is 0.356 e. The highest BCUT2D eigenvalue weighted by molar-refractivity contribution is 8.00. The molecule has 180 valence electrons. The van der Waals surface area contributed by atoms with Crippen LogP contribution in [0.15, 0.2) is 0 Å². The monoisotopic (exact) mass is 456 g/mol. The summed E-state index contributed by atoms with van der Waals surface area (Å²) in [6.07, 6.45) is 10.4. The van der Waals surface area contributed by atoms with Crippen LogP contribution in [0.3, 0.4) is 0 Å². The van der Waals surface area contributed by atoms with E-state index in [9.17, 15) is 9.59 Å². The lowest BCUT2D eigenvalue weighted by atomic mass is 10.0. The molecule has 0 radical (unpaired) electrons. The van der Waals surface area contributed by atoms with Crippen LogP contribution in [-0.2, 0) is 4.79 Å². The van der Waals surface area contributed by atoms with Crippen molar-refractivity contribution in [3.05, 3.63) is 0 Å². The van der Waals surface area contributed by atoms with Crippen LogP contribution in [0.25, 0.3) is 0 Å². The van der Waals surface area contributed by atoms with Gasteiger partial charge in [-0.3, -0.25) is 4.79 Å². The quantitative estimate of drug-likeness (QED) is 0.129. The minimum absolute atomic E-state index is 0.0301. The lowest BCUT2D eigenvalue weighted by molar-refractivity contribution is -0.121. The third-order valence-electron chi connectivity index (χ3n) is 5.95. The summed E-state index contributed by atoms with van der Waals surface area (Å²) in [5.41, 5.74) is 5.47. The van der Waals surface area contributed by atoms with Crippen molar-refractivity contribution < 1.29 is 9.59 Å². The second-order valence-corrected chi connectivity index (χ2v) is 9.90. The molecule has 2 fully saturated rings. The molecule has 2 aliphatic heterocycles. The fourth-order valence-electron chi connectivity index (χ4n) is 4.12. The van der Waals surface area contributed by atoms with E-state index in [1.165, 1.54) is 6.42 Å². The number of nitrogens with one attached hydrogen (secondary N) is 5. The van der Waals surface area contributed by atoms with Crippen molar-refractivity contribution >= 4 is 23.7 Å². The highest BCUT2D eigenvalue weighted by atomic mass is 32.2. The van der Waals surface area contributed by atoms with E-state index in [1.807, 2.05) is 11.8 Å². The fourth-order valence-corrected chi connectivity index (χ4v) is 5.67. The molecule has 3 atom stereocenters. The number of thioether (sulfide) groups is 1. The van der Waals surface area contributed by atoms with E-state index < -0.39 is 0 Å². The van der Waals surface area contributed by atoms with Gasteiger partial charge in [-0.1, -0.05) is 12.8 Å². The molecular formula is C22H44N6O2S. The van der Waals surface area contributed by atoms with E-state index in [0.717, 1.165) is 96.4 Å². The summed E-state index contributed by atoms with van der Waals surface area (Å²) in [6, 6.07) is 0.524. The summed E-state index contributed by atoms with van der Waals surface area (Å²) in [5, 5.41) is 16.4. The normalized spacial score (nSPS) is 22.2. The van der Waals surface area contributed by atoms with Gasteiger partial charge in [0.15, 0.2) is 0 Å². The molecule has 3 amide bonds. The average molecular weight is 457 g/mol. The maximum atomic E-state index is 12.0. The Kier molecular flexibility index (Phi) is 14.0. The van der Waals surface area contributed by atoms with Crippen molar-refractivity contribution in [2.24, 2.45) is 5.73 Å². The van der Waals surface area contributed by atoms with Crippen molar-refractivity contribution in [3.63, 3.8) is 0 Å². The van der Waals surface area contributed by atoms with Crippen LogP contribution in [0.1, 0.15) is 64.2 Å². The Hall–Kier alpha value is -1.03. The number of nitrogens with two attached hydrogens (primary N) is 1. The van der Waals surface area contributed by atoms with Crippen LogP contribution in [0.5, 0.6) is 0 Å². The summed E-state index contributed by atoms with van der Waals surface area (Å²) in [4.78, 5) is 23.4. The third kappa shape index (κ3) is 11.4. The highest BCUT2D eigenvalue weighted by Gasteiger charge is 2.42. The highest BCUT2D eigenvalue weighted by Crippen LogP contribution is 2.33. The molecule has 8 nitrogen and oxygen atoms in total. The Morgan fingerprint density at radius 1 is 0.903 bits per heavy atom. The summed E-state index contributed by atoms with van der Waals surface area (Å²) < 4.78 is 0. The number of carbonyl (C=O) groups is 2. The molecule has 2 saturated heterocycles. The second-order valence-electron chi connectivity index (χ2n) is 8.63. The van der Waals surface area contributed by atoms with Crippen molar-refractivity contribution in [3.8, 4) is 0 Å². The van der Waals surface area contributed by atoms with E-state index in [0.29, 0.717) is 11.7 Å². The minimum atomic E-state index is -0.0301. The van der Waals surface area contributed by atoms with Crippen molar-refractivity contribution in [2.45, 2.75) is 81.5 Å². The number of hydrogen-bond donors (Lipinski definition) is 6. The Bertz CT molecular complexity index is 510. The molecule has 7 N–H and O–H groups in total. The molecule has 0 bridgehead atoms. The number of amides is 3. The van der Waals surface area contributed by atoms with Crippen LogP contribution >= 0.6 is 11.8 Å². The molecule has 0 aromatic heterocycles. The smallest absolute Gasteiger partial charge is 0.315 e. The molecule has 2 heterocycles. The standard InChI is InChI=1S/C22H44N6O2S/c23-11-4-7-13-25-15-8-14-24-12-5-1-6-16-26-20(29)10-3-2-9-19-21-18(17-31-19)27-22(30)28-21/h18-19,21,24-25H,1-17,23H2,(H,26,29)(H2,27,28,30)/t18-,19-,21-/m0/s1. The zero-order chi connectivity index (χ0) is 22.2. The van der Waals surface area contributed by atoms with Gasteiger partial charge in [0, 0.05) is 24.0 Å². The van der Waals surface area contributed by atoms with Gasteiger partial charge in [-0.2, -0.15) is 11.8 Å². The molecule has 0 spiro atoms. The Balaban J connectivity index is 1.30. The lowest BCUT2D eigenvalue weighted by Crippen LogP contribution is -2.36. The van der Waals surface area contributed by atoms with Crippen LogP contribution in [0.2, 0.25) is 0 Å². The van der Waals surface area contributed by atoms with Gasteiger partial charge >= 0.3 is 6.03 Å². The number of unbranched alkanes of at least 4 members (excludes halogenated alkanes) is 4. The van der Waals surface area contributed by atoms with Crippen molar-refractivity contribution in [1.82, 2.24) is 26.6 Å². The van der Waals surface area contributed by atoms with Crippen LogP contribution in [-0.4, -0.2) is 74.3 Å². The van der Waals surface area contributed by atoms with Crippen molar-refractivity contribution in [1.29, 1.82) is 0 Å². The van der Waals surface area contributed by atoms with Gasteiger partial charge in [0.1, 0.15) is 0 Å². The predicted molar refractivity (Wildman–Crippen MR) is 129 cm³/mol. The predicted octanol–water partition coefficient (Wildman–Crippen LogP) is 1.31. The number of urea groups is 1. The zero-order valence-corrected chi connectivity index (χ0v) is 19.9. The summed E-state index contributed by atoms with van der Waals surface area (Å²) >= 11 is 1.94. The first-order valence-corrected chi connectivity index (χ1v) is 13.3. The third-order valence-corrected chi connectivity index (χ3v) is 7.46. The molecule has 0 aliphatic carbocycles. The van der Waals surface area contributed by atoms with Gasteiger partial charge in [-0.25, -0.2) is 4.79 Å². The first kappa shape index (κ1) is 26.2. The first-order valence-electron chi connectivity index (χ1n) is 12.3. The Morgan fingerprint density at radius 3 is 2.39 bits per heavy atom. The van der Waals surface area contributed by atoms with Crippen LogP contribution < -0.4 is 32.3 Å². The molecule has 0 unspecified atom stereocenters. The SMILES string of the molecule is NCCCCNCCCNCCCCCNC(=O)CCCC[C@@H]1SC[C@@H]2NC(=O)N[C@@H]21. The van der Waals surface area contributed by atoms with Crippen LogP contribution in [0.4, 0.5) is 4.79 Å². The summed E-state index contributed by atoms with van der Waals surface area (Å²) in [5.74, 6) is 1.17. The van der Waals surface area contributed by atoms with Gasteiger partial charge in [0.2, 0.25) is 5.91 Å². The molecule has 0 aromatic carbocycles. The molecule has 2 aliphatic rings. The fraction of sp³-hybridized carbons (Fsp3) is 0.909. The molecule has 0 saturated carbocycles. The van der Waals surface area contributed by atoms with Crippen LogP contribution in [0, 0.1) is 0 Å². The average Bonchev–Trinajstić information content (AvgIpc) is 3.30. The van der Waals surface area contributed by atoms with Crippen molar-refractivity contribution in [2.75, 3.05) is 45.0 Å². The number of rotatable bonds is 19. The van der Waals surface area contributed by atoms with Gasteiger partial charge in [0.05, 0.1) is 12.1 Å². The zero-order valence-electron chi connectivity index (χ0n) is 19.1. The Labute approximate surface area is 192 Å². The maximum Gasteiger partial charge on any atom is 0.315 e. The van der Waals surface area contributed by atoms with E-state index in [2.05, 4.69) is 26.6 Å². The lowest BCUT2D eigenvalue weighted by Gasteiger charge is -2.16. The van der Waals surface area contributed by atoms with Gasteiger partial charge in [0.25, 0.3) is 0 Å². The first-order chi connectivity index (χ1) is 15.2. The Morgan fingerprint density at radius 2 is 1.61 bits per heavy atom. The van der Waals surface area contributed by atoms with Gasteiger partial charge in [-0.05, 0) is 77.7 Å². The number of carbonyl (C=O) groups excluding carboxylic acids is 2. The molecule has 0 aromatic rings. The summed E-state index contributed by atoms with van der Waals surface area (Å²) in [7, 11) is 0. The topological polar surface area (TPSA) is 120 Å². The number of fused-ring (bicyclic) bond motifs is 1. The minimum Gasteiger partial charge on any atom is -0.356 e. The van der Waals surface area contributed by atoms with E-state index in [-0.39, 0.29) is 24.0 Å². The second kappa shape index (κ2) is 16.6. The molecule has 2 rings (SSSR count).